The predicted octanol–water partition coefficient (Wildman–Crippen LogP) is 2.52. The van der Waals surface area contributed by atoms with E-state index in [1.165, 1.54) is 5.56 Å². The molecule has 1 aromatic heterocycles. The van der Waals surface area contributed by atoms with Gasteiger partial charge in [-0.25, -0.2) is 0 Å². The zero-order valence-corrected chi connectivity index (χ0v) is 20.8. The number of anilines is 2. The molecule has 9 nitrogen and oxygen atoms in total. The number of piperidine rings is 2. The molecule has 0 atom stereocenters. The lowest BCUT2D eigenvalue weighted by Crippen LogP contribution is -2.52. The lowest BCUT2D eigenvalue weighted by Gasteiger charge is -2.38. The Morgan fingerprint density at radius 3 is 2.14 bits per heavy atom. The second kappa shape index (κ2) is 10.6. The minimum atomic E-state index is -0.0526. The highest BCUT2D eigenvalue weighted by molar-refractivity contribution is 5.94. The van der Waals surface area contributed by atoms with Gasteiger partial charge < -0.3 is 20.0 Å². The highest BCUT2D eigenvalue weighted by atomic mass is 16.2. The van der Waals surface area contributed by atoms with Gasteiger partial charge in [0.1, 0.15) is 0 Å². The highest BCUT2D eigenvalue weighted by Crippen LogP contribution is 2.31. The fraction of sp³-hybridized carbons (Fsp3) is 0.519. The average molecular weight is 491 g/mol. The molecule has 3 aliphatic rings. The van der Waals surface area contributed by atoms with Crippen molar-refractivity contribution >= 4 is 29.2 Å². The molecule has 9 heteroatoms. The molecule has 1 aromatic carbocycles. The standard InChI is InChI=1S/C27H34N6O3/c1-19(34)31-13-10-22(11-14-31)27(36)32-15-8-21(9-16-32)20-4-6-24(7-5-20)29-26(35)23-17-33(18-23)25-3-2-12-28-30-25/h2-7,12,21-23H,8-11,13-18H2,1H3,(H,29,35). The van der Waals surface area contributed by atoms with Crippen LogP contribution in [0.5, 0.6) is 0 Å². The number of amides is 3. The zero-order chi connectivity index (χ0) is 25.1. The largest absolute Gasteiger partial charge is 0.353 e. The maximum absolute atomic E-state index is 13.0. The van der Waals surface area contributed by atoms with Gasteiger partial charge in [0, 0.05) is 64.0 Å². The van der Waals surface area contributed by atoms with Gasteiger partial charge in [0.05, 0.1) is 5.92 Å². The molecule has 0 aliphatic carbocycles. The summed E-state index contributed by atoms with van der Waals surface area (Å²) < 4.78 is 0. The number of carbonyl (C=O) groups excluding carboxylic acids is 3. The number of nitrogens with zero attached hydrogens (tertiary/aromatic N) is 5. The van der Waals surface area contributed by atoms with E-state index < -0.39 is 0 Å². The van der Waals surface area contributed by atoms with Gasteiger partial charge in [0.25, 0.3) is 0 Å². The maximum atomic E-state index is 13.0. The Morgan fingerprint density at radius 2 is 1.53 bits per heavy atom. The van der Waals surface area contributed by atoms with Gasteiger partial charge in [-0.15, -0.1) is 5.10 Å². The Kier molecular flexibility index (Phi) is 7.16. The Hall–Kier alpha value is -3.49. The molecule has 0 saturated carbocycles. The van der Waals surface area contributed by atoms with Gasteiger partial charge in [0.15, 0.2) is 5.82 Å². The first kappa shape index (κ1) is 24.2. The first-order valence-corrected chi connectivity index (χ1v) is 13.0. The summed E-state index contributed by atoms with van der Waals surface area (Å²) in [5.41, 5.74) is 2.07. The number of likely N-dealkylation sites (tertiary alicyclic amines) is 2. The van der Waals surface area contributed by atoms with E-state index in [1.54, 1.807) is 13.1 Å². The van der Waals surface area contributed by atoms with Gasteiger partial charge in [-0.1, -0.05) is 12.1 Å². The number of hydrogen-bond acceptors (Lipinski definition) is 6. The number of carbonyl (C=O) groups is 3. The summed E-state index contributed by atoms with van der Waals surface area (Å²) in [6, 6.07) is 11.9. The van der Waals surface area contributed by atoms with Gasteiger partial charge in [-0.3, -0.25) is 14.4 Å². The third-order valence-corrected chi connectivity index (χ3v) is 7.88. The van der Waals surface area contributed by atoms with Crippen LogP contribution in [-0.4, -0.2) is 77.0 Å². The average Bonchev–Trinajstić information content (AvgIpc) is 2.89. The third-order valence-electron chi connectivity index (χ3n) is 7.88. The van der Waals surface area contributed by atoms with Crippen LogP contribution < -0.4 is 10.2 Å². The Morgan fingerprint density at radius 1 is 0.861 bits per heavy atom. The predicted molar refractivity (Wildman–Crippen MR) is 136 cm³/mol. The first-order valence-electron chi connectivity index (χ1n) is 13.0. The second-order valence-electron chi connectivity index (χ2n) is 10.2. The van der Waals surface area contributed by atoms with E-state index in [1.807, 2.05) is 39.0 Å². The fourth-order valence-electron chi connectivity index (χ4n) is 5.51. The van der Waals surface area contributed by atoms with E-state index in [0.29, 0.717) is 32.1 Å². The van der Waals surface area contributed by atoms with Crippen molar-refractivity contribution in [2.45, 2.75) is 38.5 Å². The molecule has 190 valence electrons. The number of hydrogen-bond donors (Lipinski definition) is 1. The van der Waals surface area contributed by atoms with E-state index in [0.717, 1.165) is 50.3 Å². The van der Waals surface area contributed by atoms with E-state index in [9.17, 15) is 14.4 Å². The van der Waals surface area contributed by atoms with Crippen LogP contribution in [0.15, 0.2) is 42.6 Å². The Bertz CT molecular complexity index is 1070. The topological polar surface area (TPSA) is 98.7 Å². The monoisotopic (exact) mass is 490 g/mol. The van der Waals surface area contributed by atoms with Crippen LogP contribution >= 0.6 is 0 Å². The van der Waals surface area contributed by atoms with Crippen molar-refractivity contribution in [2.75, 3.05) is 49.5 Å². The van der Waals surface area contributed by atoms with Gasteiger partial charge in [-0.05, 0) is 61.4 Å². The van der Waals surface area contributed by atoms with Crippen molar-refractivity contribution in [1.82, 2.24) is 20.0 Å². The van der Waals surface area contributed by atoms with Crippen LogP contribution in [0.1, 0.15) is 44.1 Å². The van der Waals surface area contributed by atoms with E-state index >= 15 is 0 Å². The summed E-state index contributed by atoms with van der Waals surface area (Å²) in [6.45, 7) is 5.82. The summed E-state index contributed by atoms with van der Waals surface area (Å²) in [4.78, 5) is 43.0. The molecule has 0 unspecified atom stereocenters. The van der Waals surface area contributed by atoms with Crippen LogP contribution in [0.3, 0.4) is 0 Å². The molecule has 3 aliphatic heterocycles. The van der Waals surface area contributed by atoms with Crippen LogP contribution in [0, 0.1) is 11.8 Å². The van der Waals surface area contributed by atoms with Crippen molar-refractivity contribution in [1.29, 1.82) is 0 Å². The number of nitrogens with one attached hydrogen (secondary N) is 1. The SMILES string of the molecule is CC(=O)N1CCC(C(=O)N2CCC(c3ccc(NC(=O)C4CN(c5cccnn5)C4)cc3)CC2)CC1. The molecular weight excluding hydrogens is 456 g/mol. The molecule has 5 rings (SSSR count). The first-order chi connectivity index (χ1) is 17.5. The molecule has 3 fully saturated rings. The molecule has 0 spiro atoms. The van der Waals surface area contributed by atoms with Crippen LogP contribution in [0.25, 0.3) is 0 Å². The third kappa shape index (κ3) is 5.34. The minimum Gasteiger partial charge on any atom is -0.353 e. The van der Waals surface area contributed by atoms with Crippen molar-refractivity contribution in [3.8, 4) is 0 Å². The molecule has 4 heterocycles. The number of aromatic nitrogens is 2. The molecule has 0 bridgehead atoms. The quantitative estimate of drug-likeness (QED) is 0.692. The summed E-state index contributed by atoms with van der Waals surface area (Å²) in [5, 5.41) is 11.0. The minimum absolute atomic E-state index is 0.0313. The van der Waals surface area contributed by atoms with E-state index in [-0.39, 0.29) is 29.6 Å². The van der Waals surface area contributed by atoms with Gasteiger partial charge in [0.2, 0.25) is 17.7 Å². The van der Waals surface area contributed by atoms with Crippen LogP contribution in [0.4, 0.5) is 11.5 Å². The van der Waals surface area contributed by atoms with Crippen LogP contribution in [0.2, 0.25) is 0 Å². The Balaban J connectivity index is 1.06. The smallest absolute Gasteiger partial charge is 0.231 e. The van der Waals surface area contributed by atoms with Crippen molar-refractivity contribution in [3.63, 3.8) is 0 Å². The Labute approximate surface area is 211 Å². The van der Waals surface area contributed by atoms with Crippen molar-refractivity contribution in [2.24, 2.45) is 11.8 Å². The van der Waals surface area contributed by atoms with Crippen LogP contribution in [-0.2, 0) is 14.4 Å². The summed E-state index contributed by atoms with van der Waals surface area (Å²) in [5.74, 6) is 1.60. The second-order valence-corrected chi connectivity index (χ2v) is 10.2. The molecule has 3 saturated heterocycles. The lowest BCUT2D eigenvalue weighted by molar-refractivity contribution is -0.140. The summed E-state index contributed by atoms with van der Waals surface area (Å²) in [7, 11) is 0. The van der Waals surface area contributed by atoms with Gasteiger partial charge in [-0.2, -0.15) is 5.10 Å². The molecular formula is C27H34N6O3. The molecule has 3 amide bonds. The summed E-state index contributed by atoms with van der Waals surface area (Å²) >= 11 is 0. The normalized spacial score (nSPS) is 19.6. The molecule has 2 aromatic rings. The highest BCUT2D eigenvalue weighted by Gasteiger charge is 2.34. The van der Waals surface area contributed by atoms with Crippen molar-refractivity contribution < 1.29 is 14.4 Å². The number of rotatable bonds is 5. The summed E-state index contributed by atoms with van der Waals surface area (Å²) in [6.07, 6.45) is 5.08. The fourth-order valence-corrected chi connectivity index (χ4v) is 5.51. The van der Waals surface area contributed by atoms with E-state index in [2.05, 4.69) is 27.6 Å². The maximum Gasteiger partial charge on any atom is 0.231 e. The molecule has 1 N–H and O–H groups in total. The van der Waals surface area contributed by atoms with Crippen molar-refractivity contribution in [3.05, 3.63) is 48.2 Å². The zero-order valence-electron chi connectivity index (χ0n) is 20.8. The lowest BCUT2D eigenvalue weighted by atomic mass is 9.88. The van der Waals surface area contributed by atoms with Gasteiger partial charge >= 0.3 is 0 Å². The number of benzene rings is 1. The molecule has 36 heavy (non-hydrogen) atoms. The molecule has 0 radical (unpaired) electrons. The van der Waals surface area contributed by atoms with E-state index in [4.69, 9.17) is 0 Å².